The fourth-order valence-electron chi connectivity index (χ4n) is 1.74. The molecule has 20 heavy (non-hydrogen) atoms. The van der Waals surface area contributed by atoms with Crippen molar-refractivity contribution in [1.82, 2.24) is 4.98 Å². The predicted molar refractivity (Wildman–Crippen MR) is 82.2 cm³/mol. The van der Waals surface area contributed by atoms with Gasteiger partial charge in [-0.05, 0) is 41.6 Å². The summed E-state index contributed by atoms with van der Waals surface area (Å²) in [6.45, 7) is 0.901. The van der Waals surface area contributed by atoms with Crippen LogP contribution in [0.2, 0.25) is 0 Å². The summed E-state index contributed by atoms with van der Waals surface area (Å²) in [6, 6.07) is 7.95. The molecule has 0 aliphatic carbocycles. The Labute approximate surface area is 122 Å². The number of pyridine rings is 1. The van der Waals surface area contributed by atoms with Crippen LogP contribution >= 0.6 is 11.3 Å². The van der Waals surface area contributed by atoms with Gasteiger partial charge in [0.1, 0.15) is 5.82 Å². The molecule has 0 atom stereocenters. The molecule has 1 N–H and O–H groups in total. The fraction of sp³-hybridized carbons (Fsp3) is 0.200. The number of carboxylic acid groups (broad SMARTS) is 1. The second-order valence-electron chi connectivity index (χ2n) is 4.37. The first-order valence-corrected chi connectivity index (χ1v) is 7.14. The van der Waals surface area contributed by atoms with Crippen LogP contribution in [0.25, 0.3) is 6.08 Å². The standard InChI is InChI=1S/C15H16N2O2S/c1-17(9-8-13-3-2-10-20-13)14-6-4-12(11-16-14)5-7-15(18)19/h2-7,10-11H,8-9H2,1H3,(H,18,19)/b7-5+. The van der Waals surface area contributed by atoms with E-state index in [9.17, 15) is 4.79 Å². The topological polar surface area (TPSA) is 53.4 Å². The fourth-order valence-corrected chi connectivity index (χ4v) is 2.43. The van der Waals surface area contributed by atoms with E-state index in [4.69, 9.17) is 5.11 Å². The highest BCUT2D eigenvalue weighted by Crippen LogP contribution is 2.13. The molecule has 0 bridgehead atoms. The van der Waals surface area contributed by atoms with E-state index in [1.54, 1.807) is 17.5 Å². The van der Waals surface area contributed by atoms with Crippen molar-refractivity contribution in [2.24, 2.45) is 0 Å². The Morgan fingerprint density at radius 2 is 2.30 bits per heavy atom. The van der Waals surface area contributed by atoms with Crippen molar-refractivity contribution in [3.8, 4) is 0 Å². The van der Waals surface area contributed by atoms with Crippen LogP contribution in [0.1, 0.15) is 10.4 Å². The molecule has 4 nitrogen and oxygen atoms in total. The minimum atomic E-state index is -0.956. The Balaban J connectivity index is 1.93. The molecule has 2 rings (SSSR count). The summed E-state index contributed by atoms with van der Waals surface area (Å²) in [5.41, 5.74) is 0.780. The van der Waals surface area contributed by atoms with E-state index in [1.165, 1.54) is 11.0 Å². The van der Waals surface area contributed by atoms with Crippen LogP contribution in [0.5, 0.6) is 0 Å². The van der Waals surface area contributed by atoms with Gasteiger partial charge in [0.05, 0.1) is 0 Å². The lowest BCUT2D eigenvalue weighted by atomic mass is 10.2. The van der Waals surface area contributed by atoms with E-state index in [0.29, 0.717) is 0 Å². The van der Waals surface area contributed by atoms with Crippen LogP contribution in [-0.2, 0) is 11.2 Å². The first-order valence-electron chi connectivity index (χ1n) is 6.26. The molecule has 0 spiro atoms. The Kier molecular flexibility index (Phi) is 4.90. The molecule has 5 heteroatoms. The molecule has 0 saturated heterocycles. The third-order valence-electron chi connectivity index (χ3n) is 2.85. The first kappa shape index (κ1) is 14.3. The summed E-state index contributed by atoms with van der Waals surface area (Å²) >= 11 is 1.76. The van der Waals surface area contributed by atoms with Gasteiger partial charge in [-0.15, -0.1) is 11.3 Å². The van der Waals surface area contributed by atoms with Gasteiger partial charge in [-0.2, -0.15) is 0 Å². The third-order valence-corrected chi connectivity index (χ3v) is 3.79. The lowest BCUT2D eigenvalue weighted by molar-refractivity contribution is -0.131. The molecule has 2 heterocycles. The first-order chi connectivity index (χ1) is 9.65. The quantitative estimate of drug-likeness (QED) is 0.830. The number of likely N-dealkylation sites (N-methyl/N-ethyl adjacent to an activating group) is 1. The third kappa shape index (κ3) is 4.20. The van der Waals surface area contributed by atoms with Gasteiger partial charge in [-0.1, -0.05) is 6.07 Å². The summed E-state index contributed by atoms with van der Waals surface area (Å²) in [5.74, 6) is -0.0730. The summed E-state index contributed by atoms with van der Waals surface area (Å²) in [4.78, 5) is 18.2. The zero-order valence-corrected chi connectivity index (χ0v) is 12.0. The molecule has 2 aromatic heterocycles. The van der Waals surface area contributed by atoms with Gasteiger partial charge in [0.2, 0.25) is 0 Å². The van der Waals surface area contributed by atoms with Gasteiger partial charge in [-0.3, -0.25) is 0 Å². The Bertz CT molecular complexity index is 576. The molecule has 104 valence electrons. The Morgan fingerprint density at radius 3 is 2.90 bits per heavy atom. The van der Waals surface area contributed by atoms with Crippen molar-refractivity contribution in [2.45, 2.75) is 6.42 Å². The second kappa shape index (κ2) is 6.86. The molecule has 0 aliphatic heterocycles. The van der Waals surface area contributed by atoms with Crippen LogP contribution < -0.4 is 4.90 Å². The van der Waals surface area contributed by atoms with E-state index in [2.05, 4.69) is 27.4 Å². The van der Waals surface area contributed by atoms with E-state index in [1.807, 2.05) is 19.2 Å². The van der Waals surface area contributed by atoms with Crippen LogP contribution in [0.3, 0.4) is 0 Å². The number of aliphatic carboxylic acids is 1. The zero-order valence-electron chi connectivity index (χ0n) is 11.2. The number of carboxylic acids is 1. The SMILES string of the molecule is CN(CCc1cccs1)c1ccc(/C=C/C(=O)O)cn1. The van der Waals surface area contributed by atoms with Crippen LogP contribution in [0, 0.1) is 0 Å². The van der Waals surface area contributed by atoms with Gasteiger partial charge in [0, 0.05) is 30.7 Å². The number of anilines is 1. The molecule has 0 saturated carbocycles. The van der Waals surface area contributed by atoms with Gasteiger partial charge >= 0.3 is 5.97 Å². The molecule has 0 amide bonds. The minimum absolute atomic E-state index is 0.780. The second-order valence-corrected chi connectivity index (χ2v) is 5.40. The number of hydrogen-bond acceptors (Lipinski definition) is 4. The summed E-state index contributed by atoms with van der Waals surface area (Å²) in [6.07, 6.45) is 5.31. The number of hydrogen-bond donors (Lipinski definition) is 1. The predicted octanol–water partition coefficient (Wildman–Crippen LogP) is 2.92. The van der Waals surface area contributed by atoms with Crippen molar-refractivity contribution < 1.29 is 9.90 Å². The largest absolute Gasteiger partial charge is 0.478 e. The Hall–Kier alpha value is -2.14. The summed E-state index contributed by atoms with van der Waals surface area (Å²) < 4.78 is 0. The number of rotatable bonds is 6. The minimum Gasteiger partial charge on any atom is -0.478 e. The van der Waals surface area contributed by atoms with E-state index in [0.717, 1.165) is 30.4 Å². The lowest BCUT2D eigenvalue weighted by Crippen LogP contribution is -2.20. The number of nitrogens with zero attached hydrogens (tertiary/aromatic N) is 2. The summed E-state index contributed by atoms with van der Waals surface area (Å²) in [5, 5.41) is 10.6. The van der Waals surface area contributed by atoms with Crippen LogP contribution in [-0.4, -0.2) is 29.7 Å². The Morgan fingerprint density at radius 1 is 1.45 bits per heavy atom. The average Bonchev–Trinajstić information content (AvgIpc) is 2.96. The number of thiophene rings is 1. The van der Waals surface area contributed by atoms with Crippen LogP contribution in [0.15, 0.2) is 41.9 Å². The highest BCUT2D eigenvalue weighted by molar-refractivity contribution is 7.09. The van der Waals surface area contributed by atoms with Gasteiger partial charge < -0.3 is 10.0 Å². The van der Waals surface area contributed by atoms with Gasteiger partial charge in [-0.25, -0.2) is 9.78 Å². The van der Waals surface area contributed by atoms with Crippen molar-refractivity contribution in [3.05, 3.63) is 52.4 Å². The molecule has 0 aliphatic rings. The van der Waals surface area contributed by atoms with E-state index >= 15 is 0 Å². The molecule has 0 aromatic carbocycles. The maximum atomic E-state index is 10.4. The van der Waals surface area contributed by atoms with Crippen LogP contribution in [0.4, 0.5) is 5.82 Å². The van der Waals surface area contributed by atoms with Crippen molar-refractivity contribution in [2.75, 3.05) is 18.5 Å². The zero-order chi connectivity index (χ0) is 14.4. The van der Waals surface area contributed by atoms with E-state index in [-0.39, 0.29) is 0 Å². The molecule has 0 unspecified atom stereocenters. The molecular formula is C15H16N2O2S. The maximum Gasteiger partial charge on any atom is 0.328 e. The average molecular weight is 288 g/mol. The van der Waals surface area contributed by atoms with Crippen molar-refractivity contribution >= 4 is 29.2 Å². The summed E-state index contributed by atoms with van der Waals surface area (Å²) in [7, 11) is 2.00. The highest BCUT2D eigenvalue weighted by Gasteiger charge is 2.03. The highest BCUT2D eigenvalue weighted by atomic mass is 32.1. The van der Waals surface area contributed by atoms with Gasteiger partial charge in [0.15, 0.2) is 0 Å². The van der Waals surface area contributed by atoms with Gasteiger partial charge in [0.25, 0.3) is 0 Å². The maximum absolute atomic E-state index is 10.4. The monoisotopic (exact) mass is 288 g/mol. The smallest absolute Gasteiger partial charge is 0.328 e. The van der Waals surface area contributed by atoms with Crippen molar-refractivity contribution in [1.29, 1.82) is 0 Å². The lowest BCUT2D eigenvalue weighted by Gasteiger charge is -2.17. The number of carbonyl (C=O) groups is 1. The number of aromatic nitrogens is 1. The molecule has 2 aromatic rings. The van der Waals surface area contributed by atoms with E-state index < -0.39 is 5.97 Å². The molecule has 0 fully saturated rings. The normalized spacial score (nSPS) is 10.8. The molecular weight excluding hydrogens is 272 g/mol. The van der Waals surface area contributed by atoms with Crippen molar-refractivity contribution in [3.63, 3.8) is 0 Å². The molecule has 0 radical (unpaired) electrons.